The van der Waals surface area contributed by atoms with Crippen molar-refractivity contribution >= 4 is 0 Å². The summed E-state index contributed by atoms with van der Waals surface area (Å²) in [5, 5.41) is 3.06. The molecule has 1 aromatic carbocycles. The number of hydrogen-bond acceptors (Lipinski definition) is 3. The maximum Gasteiger partial charge on any atom is 0.122 e. The first kappa shape index (κ1) is 12.0. The zero-order valence-corrected chi connectivity index (χ0v) is 10.1. The van der Waals surface area contributed by atoms with Crippen LogP contribution in [-0.4, -0.2) is 14.2 Å². The Hall–Kier alpha value is -1.06. The minimum absolute atomic E-state index is 0.116. The van der Waals surface area contributed by atoms with E-state index in [1.807, 2.05) is 13.1 Å². The van der Waals surface area contributed by atoms with Gasteiger partial charge in [-0.1, -0.05) is 0 Å². The average Bonchev–Trinajstić information content (AvgIpc) is 2.23. The van der Waals surface area contributed by atoms with Crippen LogP contribution in [0.4, 0.5) is 0 Å². The zero-order chi connectivity index (χ0) is 11.6. The van der Waals surface area contributed by atoms with Crippen LogP contribution in [0.2, 0.25) is 0 Å². The molecule has 1 aromatic rings. The molecule has 84 valence electrons. The first-order valence-corrected chi connectivity index (χ1v) is 5.10. The van der Waals surface area contributed by atoms with E-state index in [2.05, 4.69) is 26.1 Å². The summed E-state index contributed by atoms with van der Waals surface area (Å²) in [7, 11) is 3.56. The van der Waals surface area contributed by atoms with Crippen LogP contribution in [0.3, 0.4) is 0 Å². The van der Waals surface area contributed by atoms with Gasteiger partial charge in [0.25, 0.3) is 0 Å². The Labute approximate surface area is 91.6 Å². The molecule has 0 saturated carbocycles. The molecule has 15 heavy (non-hydrogen) atoms. The van der Waals surface area contributed by atoms with Crippen molar-refractivity contribution in [2.45, 2.75) is 26.9 Å². The van der Waals surface area contributed by atoms with E-state index >= 15 is 0 Å². The highest BCUT2D eigenvalue weighted by Gasteiger charge is 2.14. The van der Waals surface area contributed by atoms with Crippen LogP contribution in [0.25, 0.3) is 0 Å². The van der Waals surface area contributed by atoms with Crippen molar-refractivity contribution in [1.29, 1.82) is 0 Å². The number of methoxy groups -OCH3 is 1. The average molecular weight is 208 g/mol. The van der Waals surface area contributed by atoms with Crippen LogP contribution in [0.1, 0.15) is 28.4 Å². The molecule has 0 aromatic heterocycles. The smallest absolute Gasteiger partial charge is 0.122 e. The van der Waals surface area contributed by atoms with Crippen molar-refractivity contribution in [3.63, 3.8) is 0 Å². The van der Waals surface area contributed by atoms with E-state index in [-0.39, 0.29) is 6.17 Å². The standard InChI is InChI=1S/C12H20N2O/c1-7-6-10(15-5)8(2)9(3)11(7)12(13)14-4/h6,12,14H,13H2,1-5H3. The molecule has 0 aliphatic heterocycles. The molecule has 0 heterocycles. The van der Waals surface area contributed by atoms with Crippen molar-refractivity contribution in [3.8, 4) is 5.75 Å². The summed E-state index contributed by atoms with van der Waals surface area (Å²) in [6, 6.07) is 2.04. The van der Waals surface area contributed by atoms with E-state index in [0.717, 1.165) is 22.4 Å². The SMILES string of the molecule is CNC(N)c1c(C)cc(OC)c(C)c1C. The number of ether oxygens (including phenoxy) is 1. The summed E-state index contributed by atoms with van der Waals surface area (Å²) in [6.07, 6.45) is -0.116. The Morgan fingerprint density at radius 3 is 2.33 bits per heavy atom. The lowest BCUT2D eigenvalue weighted by molar-refractivity contribution is 0.410. The molecule has 0 fully saturated rings. The van der Waals surface area contributed by atoms with Crippen molar-refractivity contribution < 1.29 is 4.74 Å². The van der Waals surface area contributed by atoms with Crippen molar-refractivity contribution in [2.75, 3.05) is 14.2 Å². The van der Waals surface area contributed by atoms with Gasteiger partial charge in [0, 0.05) is 0 Å². The lowest BCUT2D eigenvalue weighted by Gasteiger charge is -2.20. The quantitative estimate of drug-likeness (QED) is 0.745. The molecule has 0 aliphatic carbocycles. The second-order valence-electron chi connectivity index (χ2n) is 3.83. The molecule has 0 bridgehead atoms. The maximum atomic E-state index is 6.00. The van der Waals surface area contributed by atoms with E-state index in [1.165, 1.54) is 5.56 Å². The highest BCUT2D eigenvalue weighted by molar-refractivity contribution is 5.49. The number of aryl methyl sites for hydroxylation is 1. The third-order valence-corrected chi connectivity index (χ3v) is 2.95. The minimum Gasteiger partial charge on any atom is -0.496 e. The summed E-state index contributed by atoms with van der Waals surface area (Å²) < 4.78 is 5.31. The number of benzene rings is 1. The van der Waals surface area contributed by atoms with Gasteiger partial charge in [-0.15, -0.1) is 0 Å². The van der Waals surface area contributed by atoms with Gasteiger partial charge in [-0.05, 0) is 56.1 Å². The normalized spacial score (nSPS) is 12.7. The summed E-state index contributed by atoms with van der Waals surface area (Å²) in [6.45, 7) is 6.19. The van der Waals surface area contributed by atoms with Crippen LogP contribution >= 0.6 is 0 Å². The summed E-state index contributed by atoms with van der Waals surface area (Å²) >= 11 is 0. The van der Waals surface area contributed by atoms with Gasteiger partial charge in [0.05, 0.1) is 13.3 Å². The number of rotatable bonds is 3. The van der Waals surface area contributed by atoms with Gasteiger partial charge in [-0.25, -0.2) is 0 Å². The third-order valence-electron chi connectivity index (χ3n) is 2.95. The molecule has 3 nitrogen and oxygen atoms in total. The Morgan fingerprint density at radius 2 is 1.87 bits per heavy atom. The molecular weight excluding hydrogens is 188 g/mol. The first-order chi connectivity index (χ1) is 7.02. The molecule has 3 N–H and O–H groups in total. The van der Waals surface area contributed by atoms with Gasteiger partial charge in [0.15, 0.2) is 0 Å². The Bertz CT molecular complexity index is 361. The van der Waals surface area contributed by atoms with Gasteiger partial charge in [0.2, 0.25) is 0 Å². The van der Waals surface area contributed by atoms with Crippen molar-refractivity contribution in [2.24, 2.45) is 5.73 Å². The van der Waals surface area contributed by atoms with E-state index < -0.39 is 0 Å². The highest BCUT2D eigenvalue weighted by Crippen LogP contribution is 2.29. The van der Waals surface area contributed by atoms with E-state index in [9.17, 15) is 0 Å². The van der Waals surface area contributed by atoms with E-state index in [0.29, 0.717) is 0 Å². The largest absolute Gasteiger partial charge is 0.496 e. The number of hydrogen-bond donors (Lipinski definition) is 2. The van der Waals surface area contributed by atoms with Crippen LogP contribution < -0.4 is 15.8 Å². The van der Waals surface area contributed by atoms with Gasteiger partial charge in [0.1, 0.15) is 5.75 Å². The number of nitrogens with two attached hydrogens (primary N) is 1. The molecule has 0 radical (unpaired) electrons. The summed E-state index contributed by atoms with van der Waals surface area (Å²) in [4.78, 5) is 0. The van der Waals surface area contributed by atoms with Crippen LogP contribution in [0.5, 0.6) is 5.75 Å². The predicted molar refractivity (Wildman–Crippen MR) is 63.2 cm³/mol. The third kappa shape index (κ3) is 2.13. The maximum absolute atomic E-state index is 6.00. The van der Waals surface area contributed by atoms with Gasteiger partial charge >= 0.3 is 0 Å². The van der Waals surface area contributed by atoms with E-state index in [1.54, 1.807) is 7.11 Å². The molecule has 1 rings (SSSR count). The lowest BCUT2D eigenvalue weighted by Crippen LogP contribution is -2.26. The predicted octanol–water partition coefficient (Wildman–Crippen LogP) is 1.80. The zero-order valence-electron chi connectivity index (χ0n) is 10.1. The van der Waals surface area contributed by atoms with E-state index in [4.69, 9.17) is 10.5 Å². The molecule has 3 heteroatoms. The molecule has 0 aliphatic rings. The fourth-order valence-corrected chi connectivity index (χ4v) is 1.90. The van der Waals surface area contributed by atoms with Gasteiger partial charge in [-0.2, -0.15) is 0 Å². The Morgan fingerprint density at radius 1 is 1.27 bits per heavy atom. The molecule has 0 spiro atoms. The minimum atomic E-state index is -0.116. The molecule has 1 unspecified atom stereocenters. The van der Waals surface area contributed by atoms with Crippen LogP contribution in [0, 0.1) is 20.8 Å². The van der Waals surface area contributed by atoms with Crippen molar-refractivity contribution in [1.82, 2.24) is 5.32 Å². The Balaban J connectivity index is 3.35. The second-order valence-corrected chi connectivity index (χ2v) is 3.83. The topological polar surface area (TPSA) is 47.3 Å². The molecule has 0 amide bonds. The highest BCUT2D eigenvalue weighted by atomic mass is 16.5. The fourth-order valence-electron chi connectivity index (χ4n) is 1.90. The molecule has 1 atom stereocenters. The summed E-state index contributed by atoms with van der Waals surface area (Å²) in [5.74, 6) is 0.928. The van der Waals surface area contributed by atoms with Gasteiger partial charge < -0.3 is 15.8 Å². The first-order valence-electron chi connectivity index (χ1n) is 5.10. The fraction of sp³-hybridized carbons (Fsp3) is 0.500. The monoisotopic (exact) mass is 208 g/mol. The molecule has 0 saturated heterocycles. The Kier molecular flexibility index (Phi) is 3.72. The van der Waals surface area contributed by atoms with Crippen LogP contribution in [0.15, 0.2) is 6.07 Å². The van der Waals surface area contributed by atoms with Crippen LogP contribution in [-0.2, 0) is 0 Å². The van der Waals surface area contributed by atoms with Crippen molar-refractivity contribution in [3.05, 3.63) is 28.3 Å². The summed E-state index contributed by atoms with van der Waals surface area (Å²) in [5.41, 5.74) is 10.7. The van der Waals surface area contributed by atoms with Gasteiger partial charge in [-0.3, -0.25) is 0 Å². The lowest BCUT2D eigenvalue weighted by atomic mass is 9.95. The number of nitrogens with one attached hydrogen (secondary N) is 1. The second kappa shape index (κ2) is 4.64. The molecular formula is C12H20N2O.